The Bertz CT molecular complexity index is 679. The van der Waals surface area contributed by atoms with E-state index >= 15 is 0 Å². The second kappa shape index (κ2) is 5.60. The van der Waals surface area contributed by atoms with E-state index in [1.165, 1.54) is 22.4 Å². The first-order valence-electron chi connectivity index (χ1n) is 7.33. The zero-order chi connectivity index (χ0) is 14.8. The predicted molar refractivity (Wildman–Crippen MR) is 86.9 cm³/mol. The molecule has 108 valence electrons. The molecule has 3 heteroatoms. The molecule has 0 saturated carbocycles. The van der Waals surface area contributed by atoms with Crippen LogP contribution in [0, 0.1) is 13.8 Å². The summed E-state index contributed by atoms with van der Waals surface area (Å²) in [5.74, 6) is 0.0370. The topological polar surface area (TPSA) is 32.3 Å². The number of aryl methyl sites for hydroxylation is 2. The van der Waals surface area contributed by atoms with Crippen LogP contribution in [0.1, 0.15) is 16.7 Å². The molecule has 0 unspecified atom stereocenters. The molecule has 1 N–H and O–H groups in total. The molecular formula is C18H20N2O. The molecule has 1 heterocycles. The number of carbonyl (C=O) groups excluding carboxylic acids is 1. The number of nitrogens with zero attached hydrogens (tertiary/aromatic N) is 1. The van der Waals surface area contributed by atoms with Gasteiger partial charge in [0.1, 0.15) is 0 Å². The Morgan fingerprint density at radius 2 is 1.95 bits per heavy atom. The summed E-state index contributed by atoms with van der Waals surface area (Å²) in [7, 11) is 0. The Labute approximate surface area is 125 Å². The average molecular weight is 280 g/mol. The zero-order valence-corrected chi connectivity index (χ0v) is 12.5. The van der Waals surface area contributed by atoms with Crippen molar-refractivity contribution < 1.29 is 4.79 Å². The van der Waals surface area contributed by atoms with Crippen molar-refractivity contribution >= 4 is 17.3 Å². The van der Waals surface area contributed by atoms with E-state index in [-0.39, 0.29) is 5.91 Å². The molecule has 1 aliphatic heterocycles. The third-order valence-corrected chi connectivity index (χ3v) is 4.11. The van der Waals surface area contributed by atoms with Gasteiger partial charge in [0, 0.05) is 17.9 Å². The van der Waals surface area contributed by atoms with Gasteiger partial charge >= 0.3 is 0 Å². The molecule has 0 aliphatic carbocycles. The number of fused-ring (bicyclic) bond motifs is 1. The van der Waals surface area contributed by atoms with Gasteiger partial charge in [-0.1, -0.05) is 24.3 Å². The van der Waals surface area contributed by atoms with E-state index < -0.39 is 0 Å². The van der Waals surface area contributed by atoms with Crippen LogP contribution in [0.5, 0.6) is 0 Å². The van der Waals surface area contributed by atoms with Gasteiger partial charge < -0.3 is 10.2 Å². The van der Waals surface area contributed by atoms with Crippen LogP contribution >= 0.6 is 0 Å². The van der Waals surface area contributed by atoms with Crippen molar-refractivity contribution in [1.29, 1.82) is 0 Å². The molecule has 1 aliphatic rings. The number of hydrogen-bond donors (Lipinski definition) is 1. The number of hydrogen-bond acceptors (Lipinski definition) is 2. The lowest BCUT2D eigenvalue weighted by Crippen LogP contribution is -2.31. The molecule has 0 radical (unpaired) electrons. The first-order valence-corrected chi connectivity index (χ1v) is 7.33. The first-order chi connectivity index (χ1) is 10.1. The third-order valence-electron chi connectivity index (χ3n) is 4.11. The quantitative estimate of drug-likeness (QED) is 0.935. The van der Waals surface area contributed by atoms with Gasteiger partial charge in [-0.15, -0.1) is 0 Å². The van der Waals surface area contributed by atoms with Crippen molar-refractivity contribution in [2.45, 2.75) is 20.3 Å². The Balaban J connectivity index is 1.66. The highest BCUT2D eigenvalue weighted by Crippen LogP contribution is 2.27. The summed E-state index contributed by atoms with van der Waals surface area (Å²) in [5, 5.41) is 2.99. The Kier molecular flexibility index (Phi) is 3.65. The molecule has 21 heavy (non-hydrogen) atoms. The van der Waals surface area contributed by atoms with Gasteiger partial charge in [-0.05, 0) is 55.2 Å². The minimum atomic E-state index is 0.0370. The van der Waals surface area contributed by atoms with E-state index in [9.17, 15) is 4.79 Å². The molecule has 0 saturated heterocycles. The van der Waals surface area contributed by atoms with E-state index in [0.717, 1.165) is 18.7 Å². The van der Waals surface area contributed by atoms with Gasteiger partial charge in [-0.2, -0.15) is 0 Å². The predicted octanol–water partition coefficient (Wildman–Crippen LogP) is 3.30. The molecular weight excluding hydrogens is 260 g/mol. The number of nitrogens with one attached hydrogen (secondary N) is 1. The number of carbonyl (C=O) groups is 1. The van der Waals surface area contributed by atoms with E-state index in [1.54, 1.807) is 0 Å². The normalized spacial score (nSPS) is 13.1. The Morgan fingerprint density at radius 3 is 2.76 bits per heavy atom. The van der Waals surface area contributed by atoms with E-state index in [4.69, 9.17) is 0 Å². The van der Waals surface area contributed by atoms with Crippen molar-refractivity contribution in [1.82, 2.24) is 0 Å². The van der Waals surface area contributed by atoms with Crippen LogP contribution in [0.4, 0.5) is 11.4 Å². The second-order valence-electron chi connectivity index (χ2n) is 5.65. The average Bonchev–Trinajstić information content (AvgIpc) is 2.86. The highest BCUT2D eigenvalue weighted by Gasteiger charge is 2.20. The van der Waals surface area contributed by atoms with Crippen molar-refractivity contribution in [3.63, 3.8) is 0 Å². The summed E-state index contributed by atoms with van der Waals surface area (Å²) in [4.78, 5) is 14.4. The fraction of sp³-hybridized carbons (Fsp3) is 0.278. The number of benzene rings is 2. The zero-order valence-electron chi connectivity index (χ0n) is 12.5. The van der Waals surface area contributed by atoms with Gasteiger partial charge in [0.15, 0.2) is 0 Å². The van der Waals surface area contributed by atoms with Crippen LogP contribution < -0.4 is 10.2 Å². The lowest BCUT2D eigenvalue weighted by atomic mass is 10.1. The Morgan fingerprint density at radius 1 is 1.14 bits per heavy atom. The summed E-state index contributed by atoms with van der Waals surface area (Å²) >= 11 is 0. The van der Waals surface area contributed by atoms with Crippen LogP contribution in [0.3, 0.4) is 0 Å². The summed E-state index contributed by atoms with van der Waals surface area (Å²) in [6.45, 7) is 5.45. The molecule has 0 bridgehead atoms. The molecule has 0 aromatic heterocycles. The fourth-order valence-corrected chi connectivity index (χ4v) is 2.76. The van der Waals surface area contributed by atoms with Gasteiger partial charge in [0.05, 0.1) is 6.54 Å². The van der Waals surface area contributed by atoms with Crippen LogP contribution in [0.25, 0.3) is 0 Å². The fourth-order valence-electron chi connectivity index (χ4n) is 2.76. The smallest absolute Gasteiger partial charge is 0.243 e. The van der Waals surface area contributed by atoms with Crippen LogP contribution in [-0.4, -0.2) is 19.0 Å². The molecule has 1 amide bonds. The van der Waals surface area contributed by atoms with Crippen molar-refractivity contribution in [2.75, 3.05) is 23.3 Å². The van der Waals surface area contributed by atoms with Gasteiger partial charge in [-0.25, -0.2) is 0 Å². The maximum absolute atomic E-state index is 12.2. The summed E-state index contributed by atoms with van der Waals surface area (Å²) in [5.41, 5.74) is 5.82. The molecule has 3 rings (SSSR count). The van der Waals surface area contributed by atoms with Crippen LogP contribution in [0.15, 0.2) is 42.5 Å². The van der Waals surface area contributed by atoms with Crippen LogP contribution in [0.2, 0.25) is 0 Å². The summed E-state index contributed by atoms with van der Waals surface area (Å²) in [6.07, 6.45) is 1.02. The monoisotopic (exact) mass is 280 g/mol. The summed E-state index contributed by atoms with van der Waals surface area (Å²) in [6, 6.07) is 14.3. The SMILES string of the molecule is Cc1ccc(NC(=O)CN2CCc3ccccc32)cc1C. The van der Waals surface area contributed by atoms with E-state index in [2.05, 4.69) is 42.3 Å². The van der Waals surface area contributed by atoms with Gasteiger partial charge in [0.25, 0.3) is 0 Å². The van der Waals surface area contributed by atoms with E-state index in [1.807, 2.05) is 24.3 Å². The van der Waals surface area contributed by atoms with E-state index in [0.29, 0.717) is 6.54 Å². The van der Waals surface area contributed by atoms with Gasteiger partial charge in [-0.3, -0.25) is 4.79 Å². The van der Waals surface area contributed by atoms with Crippen molar-refractivity contribution in [3.05, 3.63) is 59.2 Å². The number of amides is 1. The first kappa shape index (κ1) is 13.7. The van der Waals surface area contributed by atoms with Crippen LogP contribution in [-0.2, 0) is 11.2 Å². The number of rotatable bonds is 3. The standard InChI is InChI=1S/C18H20N2O/c1-13-7-8-16(11-14(13)2)19-18(21)12-20-10-9-15-5-3-4-6-17(15)20/h3-8,11H,9-10,12H2,1-2H3,(H,19,21). The molecule has 3 nitrogen and oxygen atoms in total. The molecule has 2 aromatic carbocycles. The summed E-state index contributed by atoms with van der Waals surface area (Å²) < 4.78 is 0. The molecule has 0 atom stereocenters. The van der Waals surface area contributed by atoms with Crippen molar-refractivity contribution in [2.24, 2.45) is 0 Å². The minimum absolute atomic E-state index is 0.0370. The maximum Gasteiger partial charge on any atom is 0.243 e. The number of para-hydroxylation sites is 1. The molecule has 0 spiro atoms. The lowest BCUT2D eigenvalue weighted by molar-refractivity contribution is -0.115. The Hall–Kier alpha value is -2.29. The lowest BCUT2D eigenvalue weighted by Gasteiger charge is -2.19. The third kappa shape index (κ3) is 2.92. The number of anilines is 2. The molecule has 0 fully saturated rings. The largest absolute Gasteiger partial charge is 0.362 e. The maximum atomic E-state index is 12.2. The highest BCUT2D eigenvalue weighted by atomic mass is 16.2. The minimum Gasteiger partial charge on any atom is -0.362 e. The van der Waals surface area contributed by atoms with Gasteiger partial charge in [0.2, 0.25) is 5.91 Å². The molecule has 2 aromatic rings. The second-order valence-corrected chi connectivity index (χ2v) is 5.65. The van der Waals surface area contributed by atoms with Crippen molar-refractivity contribution in [3.8, 4) is 0 Å². The highest BCUT2D eigenvalue weighted by molar-refractivity contribution is 5.94.